The molecule has 0 bridgehead atoms. The van der Waals surface area contributed by atoms with Crippen LogP contribution in [0.3, 0.4) is 0 Å². The minimum absolute atomic E-state index is 0.0279. The average Bonchev–Trinajstić information content (AvgIpc) is 2.73. The zero-order chi connectivity index (χ0) is 21.2. The monoisotopic (exact) mass is 438 g/mol. The molecule has 1 aromatic carbocycles. The number of amides is 1. The van der Waals surface area contributed by atoms with Gasteiger partial charge in [0.05, 0.1) is 12.1 Å². The second kappa shape index (κ2) is 8.56. The number of sulfonamides is 1. The summed E-state index contributed by atoms with van der Waals surface area (Å²) in [4.78, 5) is 21.0. The van der Waals surface area contributed by atoms with Crippen LogP contribution in [0.2, 0.25) is 5.02 Å². The van der Waals surface area contributed by atoms with Crippen molar-refractivity contribution in [1.82, 2.24) is 14.2 Å². The third-order valence-corrected chi connectivity index (χ3v) is 6.83. The van der Waals surface area contributed by atoms with Crippen LogP contribution in [0.15, 0.2) is 41.4 Å². The van der Waals surface area contributed by atoms with E-state index in [4.69, 9.17) is 16.3 Å². The van der Waals surface area contributed by atoms with E-state index in [0.717, 1.165) is 10.1 Å². The van der Waals surface area contributed by atoms with Crippen LogP contribution in [0.1, 0.15) is 10.4 Å². The Kier molecular flexibility index (Phi) is 6.30. The van der Waals surface area contributed by atoms with E-state index in [0.29, 0.717) is 36.8 Å². The second-order valence-corrected chi connectivity index (χ2v) is 9.32. The number of hydrogen-bond acceptors (Lipinski definition) is 6. The number of pyridine rings is 1. The van der Waals surface area contributed by atoms with Gasteiger partial charge in [0, 0.05) is 52.0 Å². The largest absolute Gasteiger partial charge is 0.495 e. The van der Waals surface area contributed by atoms with E-state index in [1.165, 1.54) is 33.3 Å². The maximum Gasteiger partial charge on any atom is 0.254 e. The minimum atomic E-state index is -3.74. The molecule has 1 amide bonds. The van der Waals surface area contributed by atoms with Gasteiger partial charge in [-0.25, -0.2) is 17.7 Å². The summed E-state index contributed by atoms with van der Waals surface area (Å²) in [6.07, 6.45) is 1.60. The molecule has 0 atom stereocenters. The lowest BCUT2D eigenvalue weighted by atomic mass is 10.1. The maximum atomic E-state index is 13.0. The number of ether oxygens (including phenoxy) is 1. The van der Waals surface area contributed by atoms with Crippen LogP contribution >= 0.6 is 11.6 Å². The Bertz CT molecular complexity index is 988. The number of aromatic nitrogens is 1. The van der Waals surface area contributed by atoms with E-state index in [2.05, 4.69) is 9.88 Å². The van der Waals surface area contributed by atoms with Gasteiger partial charge in [-0.2, -0.15) is 0 Å². The number of carbonyl (C=O) groups is 1. The van der Waals surface area contributed by atoms with E-state index in [-0.39, 0.29) is 16.6 Å². The van der Waals surface area contributed by atoms with Crippen molar-refractivity contribution in [1.29, 1.82) is 0 Å². The number of piperazine rings is 1. The van der Waals surface area contributed by atoms with E-state index in [1.54, 1.807) is 23.2 Å². The first-order valence-corrected chi connectivity index (χ1v) is 10.8. The Morgan fingerprint density at radius 2 is 1.83 bits per heavy atom. The Balaban J connectivity index is 1.77. The lowest BCUT2D eigenvalue weighted by Gasteiger charge is -2.35. The molecule has 0 saturated carbocycles. The molecule has 0 aliphatic carbocycles. The molecule has 1 aliphatic rings. The van der Waals surface area contributed by atoms with Crippen molar-refractivity contribution in [3.8, 4) is 5.75 Å². The van der Waals surface area contributed by atoms with E-state index >= 15 is 0 Å². The molecule has 29 heavy (non-hydrogen) atoms. The minimum Gasteiger partial charge on any atom is -0.495 e. The predicted octanol–water partition coefficient (Wildman–Crippen LogP) is 1.96. The average molecular weight is 439 g/mol. The summed E-state index contributed by atoms with van der Waals surface area (Å²) in [5, 5.41) is 0.575. The van der Waals surface area contributed by atoms with Crippen LogP contribution in [0.4, 0.5) is 5.82 Å². The summed E-state index contributed by atoms with van der Waals surface area (Å²) in [5.41, 5.74) is 0.310. The van der Waals surface area contributed by atoms with Crippen molar-refractivity contribution < 1.29 is 17.9 Å². The lowest BCUT2D eigenvalue weighted by molar-refractivity contribution is 0.0746. The molecule has 1 saturated heterocycles. The highest BCUT2D eigenvalue weighted by molar-refractivity contribution is 7.89. The van der Waals surface area contributed by atoms with Gasteiger partial charge in [-0.1, -0.05) is 11.6 Å². The van der Waals surface area contributed by atoms with Crippen molar-refractivity contribution >= 4 is 33.3 Å². The number of benzene rings is 1. The topological polar surface area (TPSA) is 83.0 Å². The molecule has 1 aliphatic heterocycles. The summed E-state index contributed by atoms with van der Waals surface area (Å²) in [7, 11) is 0.529. The predicted molar refractivity (Wildman–Crippen MR) is 111 cm³/mol. The Labute approximate surface area is 175 Å². The van der Waals surface area contributed by atoms with Crippen LogP contribution in [0.5, 0.6) is 5.75 Å². The first kappa shape index (κ1) is 21.4. The quantitative estimate of drug-likeness (QED) is 0.709. The SMILES string of the molecule is COc1ccc(C(=O)N2CCN(c3ccc(Cl)cn3)CC2)cc1S(=O)(=O)N(C)C. The highest BCUT2D eigenvalue weighted by Gasteiger charge is 2.27. The van der Waals surface area contributed by atoms with Gasteiger partial charge in [0.1, 0.15) is 16.5 Å². The Hall–Kier alpha value is -2.36. The number of hydrogen-bond donors (Lipinski definition) is 0. The third-order valence-electron chi connectivity index (χ3n) is 4.77. The number of carbonyl (C=O) groups excluding carboxylic acids is 1. The van der Waals surface area contributed by atoms with Gasteiger partial charge in [0.15, 0.2) is 0 Å². The molecular weight excluding hydrogens is 416 g/mol. The van der Waals surface area contributed by atoms with Crippen molar-refractivity contribution in [3.05, 3.63) is 47.1 Å². The highest BCUT2D eigenvalue weighted by Crippen LogP contribution is 2.27. The first-order valence-electron chi connectivity index (χ1n) is 9.00. The standard InChI is InChI=1S/C19H23ClN4O4S/c1-22(2)29(26,27)17-12-14(4-6-16(17)28-3)19(25)24-10-8-23(9-11-24)18-7-5-15(20)13-21-18/h4-7,12-13H,8-11H2,1-3H3. The Morgan fingerprint density at radius 3 is 2.38 bits per heavy atom. The fourth-order valence-corrected chi connectivity index (χ4v) is 4.27. The first-order chi connectivity index (χ1) is 13.7. The van der Waals surface area contributed by atoms with Gasteiger partial charge in [-0.15, -0.1) is 0 Å². The molecule has 1 fully saturated rings. The zero-order valence-corrected chi connectivity index (χ0v) is 18.1. The smallest absolute Gasteiger partial charge is 0.254 e. The van der Waals surface area contributed by atoms with Crippen molar-refractivity contribution in [3.63, 3.8) is 0 Å². The number of rotatable bonds is 5. The number of halogens is 1. The molecule has 3 rings (SSSR count). The normalized spacial score (nSPS) is 14.9. The highest BCUT2D eigenvalue weighted by atomic mass is 35.5. The molecule has 8 nitrogen and oxygen atoms in total. The van der Waals surface area contributed by atoms with Crippen molar-refractivity contribution in [2.24, 2.45) is 0 Å². The summed E-state index contributed by atoms with van der Waals surface area (Å²) in [6, 6.07) is 8.11. The summed E-state index contributed by atoms with van der Waals surface area (Å²) < 4.78 is 31.4. The van der Waals surface area contributed by atoms with Gasteiger partial charge in [0.2, 0.25) is 10.0 Å². The molecule has 1 aromatic heterocycles. The summed E-state index contributed by atoms with van der Waals surface area (Å²) in [5.74, 6) is 0.797. The molecule has 2 aromatic rings. The summed E-state index contributed by atoms with van der Waals surface area (Å²) in [6.45, 7) is 2.26. The number of nitrogens with zero attached hydrogens (tertiary/aromatic N) is 4. The molecule has 0 radical (unpaired) electrons. The van der Waals surface area contributed by atoms with Crippen molar-refractivity contribution in [2.75, 3.05) is 52.3 Å². The fraction of sp³-hybridized carbons (Fsp3) is 0.368. The van der Waals surface area contributed by atoms with Crippen LogP contribution < -0.4 is 9.64 Å². The van der Waals surface area contributed by atoms with Crippen molar-refractivity contribution in [2.45, 2.75) is 4.90 Å². The molecular formula is C19H23ClN4O4S. The van der Waals surface area contributed by atoms with E-state index in [1.807, 2.05) is 6.07 Å². The van der Waals surface area contributed by atoms with Gasteiger partial charge in [-0.3, -0.25) is 4.79 Å². The van der Waals surface area contributed by atoms with E-state index < -0.39 is 10.0 Å². The lowest BCUT2D eigenvalue weighted by Crippen LogP contribution is -2.49. The zero-order valence-electron chi connectivity index (χ0n) is 16.5. The maximum absolute atomic E-state index is 13.0. The van der Waals surface area contributed by atoms with Gasteiger partial charge in [-0.05, 0) is 30.3 Å². The van der Waals surface area contributed by atoms with Gasteiger partial charge in [0.25, 0.3) is 5.91 Å². The molecule has 10 heteroatoms. The molecule has 156 valence electrons. The summed E-state index contributed by atoms with van der Waals surface area (Å²) >= 11 is 5.88. The third kappa shape index (κ3) is 4.47. The molecule has 0 unspecified atom stereocenters. The fourth-order valence-electron chi connectivity index (χ4n) is 3.08. The number of anilines is 1. The van der Waals surface area contributed by atoms with Gasteiger partial charge < -0.3 is 14.5 Å². The van der Waals surface area contributed by atoms with Crippen LogP contribution in [-0.4, -0.2) is 75.9 Å². The Morgan fingerprint density at radius 1 is 1.14 bits per heavy atom. The molecule has 2 heterocycles. The van der Waals surface area contributed by atoms with Crippen LogP contribution in [0.25, 0.3) is 0 Å². The molecule has 0 spiro atoms. The number of methoxy groups -OCH3 is 1. The van der Waals surface area contributed by atoms with E-state index in [9.17, 15) is 13.2 Å². The van der Waals surface area contributed by atoms with Crippen LogP contribution in [-0.2, 0) is 10.0 Å². The van der Waals surface area contributed by atoms with Gasteiger partial charge >= 0.3 is 0 Å². The second-order valence-electron chi connectivity index (χ2n) is 6.77. The van der Waals surface area contributed by atoms with Crippen LogP contribution in [0, 0.1) is 0 Å². The molecule has 0 N–H and O–H groups in total.